The number of unbranched alkanes of at least 4 members (excludes halogenated alkanes) is 1. The summed E-state index contributed by atoms with van der Waals surface area (Å²) in [5.74, 6) is -0.125. The Morgan fingerprint density at radius 3 is 2.55 bits per heavy atom. The van der Waals surface area contributed by atoms with E-state index in [1.165, 1.54) is 17.0 Å². The normalized spacial score (nSPS) is 18.5. The molecule has 31 heavy (non-hydrogen) atoms. The van der Waals surface area contributed by atoms with Gasteiger partial charge in [0.05, 0.1) is 11.7 Å². The molecule has 166 valence electrons. The molecule has 8 heteroatoms. The molecule has 0 radical (unpaired) electrons. The lowest BCUT2D eigenvalue weighted by Crippen LogP contribution is -2.45. The second kappa shape index (κ2) is 10.1. The van der Waals surface area contributed by atoms with Crippen LogP contribution in [0.3, 0.4) is 0 Å². The van der Waals surface area contributed by atoms with Crippen molar-refractivity contribution in [2.24, 2.45) is 0 Å². The number of urea groups is 1. The molecule has 1 aliphatic rings. The second-order valence-electron chi connectivity index (χ2n) is 7.68. The molecule has 1 N–H and O–H groups in total. The van der Waals surface area contributed by atoms with Crippen LogP contribution in [0.1, 0.15) is 31.7 Å². The van der Waals surface area contributed by atoms with Gasteiger partial charge in [-0.2, -0.15) is 0 Å². The average Bonchev–Trinajstić information content (AvgIpc) is 2.99. The van der Waals surface area contributed by atoms with Gasteiger partial charge in [-0.15, -0.1) is 0 Å². The first-order valence-corrected chi connectivity index (χ1v) is 10.7. The van der Waals surface area contributed by atoms with Crippen LogP contribution < -0.4 is 10.1 Å². The summed E-state index contributed by atoms with van der Waals surface area (Å²) in [4.78, 5) is 29.1. The molecule has 1 atom stereocenters. The van der Waals surface area contributed by atoms with Gasteiger partial charge in [-0.1, -0.05) is 55.6 Å². The summed E-state index contributed by atoms with van der Waals surface area (Å²) in [6.45, 7) is 2.97. The van der Waals surface area contributed by atoms with Crippen molar-refractivity contribution in [3.8, 4) is 5.75 Å². The van der Waals surface area contributed by atoms with Gasteiger partial charge in [-0.05, 0) is 43.3 Å². The van der Waals surface area contributed by atoms with Crippen LogP contribution in [-0.4, -0.2) is 48.6 Å². The van der Waals surface area contributed by atoms with Crippen LogP contribution in [0.5, 0.6) is 5.75 Å². The number of imide groups is 1. The van der Waals surface area contributed by atoms with E-state index in [-0.39, 0.29) is 18.4 Å². The second-order valence-corrected chi connectivity index (χ2v) is 8.09. The quantitative estimate of drug-likeness (QED) is 0.549. The number of nitrogens with one attached hydrogen (secondary N) is 1. The predicted molar refractivity (Wildman–Crippen MR) is 117 cm³/mol. The molecule has 1 saturated heterocycles. The zero-order chi connectivity index (χ0) is 22.4. The number of rotatable bonds is 10. The summed E-state index contributed by atoms with van der Waals surface area (Å²) in [7, 11) is 1.81. The molecule has 1 heterocycles. The van der Waals surface area contributed by atoms with Crippen LogP contribution >= 0.6 is 11.6 Å². The number of likely N-dealkylation sites (N-methyl/N-ethyl adjacent to an activating group) is 1. The number of benzene rings is 2. The van der Waals surface area contributed by atoms with Gasteiger partial charge in [-0.25, -0.2) is 14.1 Å². The Labute approximate surface area is 186 Å². The maximum atomic E-state index is 13.4. The Hall–Kier alpha value is -2.64. The number of nitrogens with zero attached hydrogens (tertiary/aromatic N) is 2. The average molecular weight is 448 g/mol. The van der Waals surface area contributed by atoms with Gasteiger partial charge in [0, 0.05) is 6.54 Å². The lowest BCUT2D eigenvalue weighted by Gasteiger charge is -2.28. The van der Waals surface area contributed by atoms with Crippen LogP contribution in [0, 0.1) is 5.82 Å². The first-order valence-electron chi connectivity index (χ1n) is 10.3. The summed E-state index contributed by atoms with van der Waals surface area (Å²) in [5, 5.41) is 3.40. The fourth-order valence-corrected chi connectivity index (χ4v) is 3.82. The number of hydrogen-bond acceptors (Lipinski definition) is 4. The van der Waals surface area contributed by atoms with Gasteiger partial charge >= 0.3 is 6.03 Å². The molecule has 3 rings (SSSR count). The zero-order valence-electron chi connectivity index (χ0n) is 17.7. The molecule has 0 spiro atoms. The number of carbonyl (C=O) groups is 2. The fraction of sp³-hybridized carbons (Fsp3) is 0.391. The molecule has 0 aliphatic carbocycles. The largest absolute Gasteiger partial charge is 0.491 e. The predicted octanol–water partition coefficient (Wildman–Crippen LogP) is 4.38. The summed E-state index contributed by atoms with van der Waals surface area (Å²) in [5.41, 5.74) is -0.580. The SMILES string of the molecule is CCCC[C@]1(c2ccc(F)cc2)NC(=O)N(CN(C)CCOc2ccccc2Cl)C1=O. The Morgan fingerprint density at radius 1 is 1.16 bits per heavy atom. The van der Waals surface area contributed by atoms with E-state index < -0.39 is 11.6 Å². The Morgan fingerprint density at radius 2 is 1.87 bits per heavy atom. The molecule has 0 unspecified atom stereocenters. The van der Waals surface area contributed by atoms with Gasteiger partial charge in [-0.3, -0.25) is 9.69 Å². The smallest absolute Gasteiger partial charge is 0.326 e. The van der Waals surface area contributed by atoms with Crippen LogP contribution in [-0.2, 0) is 10.3 Å². The highest BCUT2D eigenvalue weighted by Crippen LogP contribution is 2.34. The van der Waals surface area contributed by atoms with E-state index in [1.54, 1.807) is 31.3 Å². The van der Waals surface area contributed by atoms with E-state index >= 15 is 0 Å². The molecule has 2 aromatic rings. The maximum Gasteiger partial charge on any atom is 0.326 e. The molecule has 3 amide bonds. The molecule has 0 aromatic heterocycles. The first-order chi connectivity index (χ1) is 14.9. The van der Waals surface area contributed by atoms with Crippen molar-refractivity contribution in [3.05, 3.63) is 64.9 Å². The van der Waals surface area contributed by atoms with Crippen molar-refractivity contribution >= 4 is 23.5 Å². The van der Waals surface area contributed by atoms with Crippen LogP contribution in [0.4, 0.5) is 9.18 Å². The third kappa shape index (κ3) is 5.17. The maximum absolute atomic E-state index is 13.4. The van der Waals surface area contributed by atoms with Crippen molar-refractivity contribution in [2.75, 3.05) is 26.9 Å². The molecule has 2 aromatic carbocycles. The van der Waals surface area contributed by atoms with E-state index in [0.717, 1.165) is 12.8 Å². The highest BCUT2D eigenvalue weighted by atomic mass is 35.5. The monoisotopic (exact) mass is 447 g/mol. The first kappa shape index (κ1) is 23.0. The molecule has 0 bridgehead atoms. The van der Waals surface area contributed by atoms with Crippen molar-refractivity contribution in [2.45, 2.75) is 31.7 Å². The number of para-hydroxylation sites is 1. The van der Waals surface area contributed by atoms with Crippen molar-refractivity contribution < 1.29 is 18.7 Å². The van der Waals surface area contributed by atoms with Crippen LogP contribution in [0.25, 0.3) is 0 Å². The Kier molecular flexibility index (Phi) is 7.51. The lowest BCUT2D eigenvalue weighted by atomic mass is 9.85. The van der Waals surface area contributed by atoms with Crippen LogP contribution in [0.15, 0.2) is 48.5 Å². The summed E-state index contributed by atoms with van der Waals surface area (Å²) in [6, 6.07) is 12.5. The number of amides is 3. The molecule has 1 fully saturated rings. The minimum absolute atomic E-state index is 0.117. The molecular formula is C23H27ClFN3O3. The van der Waals surface area contributed by atoms with Crippen molar-refractivity contribution in [1.29, 1.82) is 0 Å². The van der Waals surface area contributed by atoms with E-state index in [9.17, 15) is 14.0 Å². The molecule has 6 nitrogen and oxygen atoms in total. The topological polar surface area (TPSA) is 61.9 Å². The Balaban J connectivity index is 1.67. The summed E-state index contributed by atoms with van der Waals surface area (Å²) in [6.07, 6.45) is 2.07. The minimum atomic E-state index is -1.17. The molecule has 1 aliphatic heterocycles. The third-order valence-electron chi connectivity index (χ3n) is 5.37. The van der Waals surface area contributed by atoms with Crippen LogP contribution in [0.2, 0.25) is 5.02 Å². The third-order valence-corrected chi connectivity index (χ3v) is 5.68. The summed E-state index contributed by atoms with van der Waals surface area (Å²) < 4.78 is 19.1. The standard InChI is InChI=1S/C23H27ClFN3O3/c1-3-4-13-23(17-9-11-18(25)12-10-17)21(29)28(22(30)26-23)16-27(2)14-15-31-20-8-6-5-7-19(20)24/h5-12H,3-4,13-16H2,1-2H3,(H,26,30)/t23-/m1/s1. The van der Waals surface area contributed by atoms with Crippen molar-refractivity contribution in [1.82, 2.24) is 15.1 Å². The minimum Gasteiger partial charge on any atom is -0.491 e. The number of ether oxygens (including phenoxy) is 1. The van der Waals surface area contributed by atoms with E-state index in [2.05, 4.69) is 5.32 Å². The number of carbonyl (C=O) groups excluding carboxylic acids is 2. The Bertz CT molecular complexity index is 925. The highest BCUT2D eigenvalue weighted by Gasteiger charge is 2.51. The molecular weight excluding hydrogens is 421 g/mol. The fourth-order valence-electron chi connectivity index (χ4n) is 3.63. The van der Waals surface area contributed by atoms with E-state index in [4.69, 9.17) is 16.3 Å². The van der Waals surface area contributed by atoms with Crippen molar-refractivity contribution in [3.63, 3.8) is 0 Å². The van der Waals surface area contributed by atoms with Gasteiger partial charge < -0.3 is 10.1 Å². The lowest BCUT2D eigenvalue weighted by molar-refractivity contribution is -0.133. The number of halogens is 2. The summed E-state index contributed by atoms with van der Waals surface area (Å²) >= 11 is 6.09. The van der Waals surface area contributed by atoms with Gasteiger partial charge in [0.1, 0.15) is 23.7 Å². The number of hydrogen-bond donors (Lipinski definition) is 1. The molecule has 0 saturated carbocycles. The van der Waals surface area contributed by atoms with E-state index in [0.29, 0.717) is 35.9 Å². The van der Waals surface area contributed by atoms with Gasteiger partial charge in [0.25, 0.3) is 5.91 Å². The van der Waals surface area contributed by atoms with E-state index in [1.807, 2.05) is 24.0 Å². The highest BCUT2D eigenvalue weighted by molar-refractivity contribution is 6.32. The zero-order valence-corrected chi connectivity index (χ0v) is 18.5. The van der Waals surface area contributed by atoms with Gasteiger partial charge in [0.2, 0.25) is 0 Å². The van der Waals surface area contributed by atoms with Gasteiger partial charge in [0.15, 0.2) is 0 Å².